The molecule has 0 aromatic rings. The topological polar surface area (TPSA) is 49.4 Å². The summed E-state index contributed by atoms with van der Waals surface area (Å²) in [6.45, 7) is 4.06. The van der Waals surface area contributed by atoms with Crippen molar-refractivity contribution in [3.8, 4) is 0 Å². The van der Waals surface area contributed by atoms with Crippen LogP contribution in [0, 0.1) is 0 Å². The van der Waals surface area contributed by atoms with E-state index in [-0.39, 0.29) is 17.9 Å². The number of amides is 2. The Balaban J connectivity index is 2.42. The van der Waals surface area contributed by atoms with Gasteiger partial charge in [0.1, 0.15) is 0 Å². The van der Waals surface area contributed by atoms with E-state index >= 15 is 0 Å². The summed E-state index contributed by atoms with van der Waals surface area (Å²) >= 11 is 0. The Morgan fingerprint density at radius 2 is 2.46 bits per heavy atom. The molecule has 0 saturated carbocycles. The molecule has 2 amide bonds. The van der Waals surface area contributed by atoms with E-state index in [1.165, 1.54) is 6.08 Å². The lowest BCUT2D eigenvalue weighted by atomic mass is 10.1. The third kappa shape index (κ3) is 2.57. The van der Waals surface area contributed by atoms with E-state index in [0.29, 0.717) is 13.0 Å². The Bertz CT molecular complexity index is 238. The molecule has 1 heterocycles. The summed E-state index contributed by atoms with van der Waals surface area (Å²) in [6.07, 6.45) is 2.45. The number of likely N-dealkylation sites (tertiary alicyclic amines) is 1. The molecule has 0 bridgehead atoms. The van der Waals surface area contributed by atoms with E-state index in [0.717, 1.165) is 6.42 Å². The molecule has 4 heteroatoms. The Kier molecular flexibility index (Phi) is 3.06. The lowest BCUT2D eigenvalue weighted by Crippen LogP contribution is -2.45. The fraction of sp³-hybridized carbons (Fsp3) is 0.556. The Morgan fingerprint density at radius 1 is 1.77 bits per heavy atom. The number of hydrogen-bond donors (Lipinski definition) is 1. The maximum absolute atomic E-state index is 11.2. The normalized spacial score (nSPS) is 22.7. The molecule has 1 atom stereocenters. The van der Waals surface area contributed by atoms with E-state index in [9.17, 15) is 9.59 Å². The number of rotatable bonds is 2. The first-order valence-corrected chi connectivity index (χ1v) is 4.30. The van der Waals surface area contributed by atoms with Crippen LogP contribution in [0.5, 0.6) is 0 Å². The number of nitrogens with zero attached hydrogens (tertiary/aromatic N) is 1. The third-order valence-electron chi connectivity index (χ3n) is 2.19. The van der Waals surface area contributed by atoms with Crippen LogP contribution in [0.4, 0.5) is 0 Å². The van der Waals surface area contributed by atoms with Crippen molar-refractivity contribution in [2.24, 2.45) is 0 Å². The Labute approximate surface area is 77.6 Å². The predicted molar refractivity (Wildman–Crippen MR) is 49.0 cm³/mol. The van der Waals surface area contributed by atoms with E-state index in [4.69, 9.17) is 0 Å². The van der Waals surface area contributed by atoms with Crippen LogP contribution in [0.25, 0.3) is 0 Å². The molecule has 13 heavy (non-hydrogen) atoms. The first-order valence-electron chi connectivity index (χ1n) is 4.30. The molecular formula is C9H14N2O2. The smallest absolute Gasteiger partial charge is 0.243 e. The molecule has 1 unspecified atom stereocenters. The molecule has 0 radical (unpaired) electrons. The second-order valence-electron chi connectivity index (χ2n) is 3.22. The molecule has 0 aliphatic carbocycles. The van der Waals surface area contributed by atoms with Gasteiger partial charge in [0.15, 0.2) is 0 Å². The summed E-state index contributed by atoms with van der Waals surface area (Å²) in [5, 5.41) is 2.72. The molecule has 4 nitrogen and oxygen atoms in total. The van der Waals surface area contributed by atoms with Gasteiger partial charge in [-0.15, -0.1) is 0 Å². The fourth-order valence-electron chi connectivity index (χ4n) is 1.33. The van der Waals surface area contributed by atoms with Gasteiger partial charge >= 0.3 is 0 Å². The molecule has 1 saturated heterocycles. The minimum atomic E-state index is -0.206. The second-order valence-corrected chi connectivity index (χ2v) is 3.22. The predicted octanol–water partition coefficient (Wildman–Crippen LogP) is -0.0906. The zero-order valence-corrected chi connectivity index (χ0v) is 7.75. The number of hydrogen-bond acceptors (Lipinski definition) is 2. The van der Waals surface area contributed by atoms with Gasteiger partial charge in [-0.05, 0) is 12.5 Å². The highest BCUT2D eigenvalue weighted by molar-refractivity contribution is 5.88. The van der Waals surface area contributed by atoms with Gasteiger partial charge in [-0.3, -0.25) is 9.59 Å². The summed E-state index contributed by atoms with van der Waals surface area (Å²) < 4.78 is 0. The maximum atomic E-state index is 11.2. The summed E-state index contributed by atoms with van der Waals surface area (Å²) in [5.41, 5.74) is 0. The van der Waals surface area contributed by atoms with Crippen LogP contribution in [-0.4, -0.2) is 36.3 Å². The average molecular weight is 182 g/mol. The highest BCUT2D eigenvalue weighted by Crippen LogP contribution is 2.09. The van der Waals surface area contributed by atoms with Crippen LogP contribution in [0.3, 0.4) is 0 Å². The SMILES string of the molecule is C=CC(=O)NC1CCN(C)C(=O)C1. The first kappa shape index (κ1) is 9.77. The molecular weight excluding hydrogens is 168 g/mol. The van der Waals surface area contributed by atoms with Crippen LogP contribution in [0.1, 0.15) is 12.8 Å². The largest absolute Gasteiger partial charge is 0.349 e. The zero-order valence-electron chi connectivity index (χ0n) is 7.75. The minimum absolute atomic E-state index is 0.0193. The lowest BCUT2D eigenvalue weighted by Gasteiger charge is -2.28. The molecule has 72 valence electrons. The second kappa shape index (κ2) is 4.07. The monoisotopic (exact) mass is 182 g/mol. The van der Waals surface area contributed by atoms with Crippen LogP contribution in [0.15, 0.2) is 12.7 Å². The van der Waals surface area contributed by atoms with Gasteiger partial charge in [0.05, 0.1) is 0 Å². The minimum Gasteiger partial charge on any atom is -0.349 e. The fourth-order valence-corrected chi connectivity index (χ4v) is 1.33. The van der Waals surface area contributed by atoms with Gasteiger partial charge in [-0.2, -0.15) is 0 Å². The van der Waals surface area contributed by atoms with Crippen LogP contribution in [-0.2, 0) is 9.59 Å². The van der Waals surface area contributed by atoms with Crippen LogP contribution >= 0.6 is 0 Å². The van der Waals surface area contributed by atoms with Crippen molar-refractivity contribution >= 4 is 11.8 Å². The van der Waals surface area contributed by atoms with Crippen molar-refractivity contribution < 1.29 is 9.59 Å². The van der Waals surface area contributed by atoms with Gasteiger partial charge in [0.25, 0.3) is 0 Å². The van der Waals surface area contributed by atoms with Crippen molar-refractivity contribution in [3.05, 3.63) is 12.7 Å². The van der Waals surface area contributed by atoms with Crippen molar-refractivity contribution in [1.29, 1.82) is 0 Å². The number of nitrogens with one attached hydrogen (secondary N) is 1. The van der Waals surface area contributed by atoms with Gasteiger partial charge in [0, 0.05) is 26.1 Å². The summed E-state index contributed by atoms with van der Waals surface area (Å²) in [5.74, 6) is -0.122. The standard InChI is InChI=1S/C9H14N2O2/c1-3-8(12)10-7-4-5-11(2)9(13)6-7/h3,7H,1,4-6H2,2H3,(H,10,12). The molecule has 0 spiro atoms. The van der Waals surface area contributed by atoms with Crippen molar-refractivity contribution in [2.45, 2.75) is 18.9 Å². The van der Waals surface area contributed by atoms with Gasteiger partial charge < -0.3 is 10.2 Å². The lowest BCUT2D eigenvalue weighted by molar-refractivity contribution is -0.133. The number of carbonyl (C=O) groups excluding carboxylic acids is 2. The molecule has 1 aliphatic heterocycles. The molecule has 1 aliphatic rings. The zero-order chi connectivity index (χ0) is 9.84. The van der Waals surface area contributed by atoms with Crippen LogP contribution in [0.2, 0.25) is 0 Å². The molecule has 1 rings (SSSR count). The average Bonchev–Trinajstić information content (AvgIpc) is 2.11. The number of carbonyl (C=O) groups is 2. The van der Waals surface area contributed by atoms with E-state index < -0.39 is 0 Å². The molecule has 0 aromatic carbocycles. The number of piperidine rings is 1. The van der Waals surface area contributed by atoms with Crippen molar-refractivity contribution in [2.75, 3.05) is 13.6 Å². The van der Waals surface area contributed by atoms with E-state index in [2.05, 4.69) is 11.9 Å². The molecule has 1 fully saturated rings. The Hall–Kier alpha value is -1.32. The van der Waals surface area contributed by atoms with E-state index in [1.54, 1.807) is 11.9 Å². The van der Waals surface area contributed by atoms with Crippen molar-refractivity contribution in [3.63, 3.8) is 0 Å². The Morgan fingerprint density at radius 3 is 3.00 bits per heavy atom. The van der Waals surface area contributed by atoms with Crippen molar-refractivity contribution in [1.82, 2.24) is 10.2 Å². The molecule has 1 N–H and O–H groups in total. The van der Waals surface area contributed by atoms with Gasteiger partial charge in [-0.25, -0.2) is 0 Å². The summed E-state index contributed by atoms with van der Waals surface area (Å²) in [6, 6.07) is -0.0193. The third-order valence-corrected chi connectivity index (χ3v) is 2.19. The maximum Gasteiger partial charge on any atom is 0.243 e. The first-order chi connectivity index (χ1) is 6.13. The highest BCUT2D eigenvalue weighted by atomic mass is 16.2. The summed E-state index contributed by atoms with van der Waals surface area (Å²) in [4.78, 5) is 23.8. The highest BCUT2D eigenvalue weighted by Gasteiger charge is 2.23. The van der Waals surface area contributed by atoms with Crippen LogP contribution < -0.4 is 5.32 Å². The van der Waals surface area contributed by atoms with Gasteiger partial charge in [0.2, 0.25) is 11.8 Å². The summed E-state index contributed by atoms with van der Waals surface area (Å²) in [7, 11) is 1.77. The van der Waals surface area contributed by atoms with Gasteiger partial charge in [-0.1, -0.05) is 6.58 Å². The van der Waals surface area contributed by atoms with E-state index in [1.807, 2.05) is 0 Å². The quantitative estimate of drug-likeness (QED) is 0.607. The molecule has 0 aromatic heterocycles.